The van der Waals surface area contributed by atoms with Gasteiger partial charge in [0.15, 0.2) is 0 Å². The summed E-state index contributed by atoms with van der Waals surface area (Å²) >= 11 is 0. The van der Waals surface area contributed by atoms with E-state index in [1.807, 2.05) is 0 Å². The Kier molecular flexibility index (Phi) is 8.85. The first kappa shape index (κ1) is 32.0. The molecule has 3 fully saturated rings. The lowest BCUT2D eigenvalue weighted by atomic mass is 9.45. The summed E-state index contributed by atoms with van der Waals surface area (Å²) in [4.78, 5) is 0. The fraction of sp³-hybridized carbons (Fsp3) is 0.677. The molecule has 3 aliphatic rings. The van der Waals surface area contributed by atoms with Crippen LogP contribution in [0.5, 0.6) is 11.5 Å². The molecular weight excluding hydrogens is 564 g/mol. The highest BCUT2D eigenvalue weighted by molar-refractivity contribution is 7.81. The summed E-state index contributed by atoms with van der Waals surface area (Å²) < 4.78 is 74.1. The maximum Gasteiger partial charge on any atom is 0.446 e. The van der Waals surface area contributed by atoms with Gasteiger partial charge in [0.25, 0.3) is 0 Å². The molecule has 41 heavy (non-hydrogen) atoms. The van der Waals surface area contributed by atoms with Crippen molar-refractivity contribution in [2.75, 3.05) is 0 Å². The first-order valence-electron chi connectivity index (χ1n) is 14.7. The molecule has 10 heteroatoms. The van der Waals surface area contributed by atoms with E-state index in [1.54, 1.807) is 0 Å². The zero-order chi connectivity index (χ0) is 30.4. The second kappa shape index (κ2) is 11.3. The van der Waals surface area contributed by atoms with Crippen molar-refractivity contribution in [1.82, 2.24) is 0 Å². The van der Waals surface area contributed by atoms with Crippen molar-refractivity contribution in [2.45, 2.75) is 98.3 Å². The summed E-state index contributed by atoms with van der Waals surface area (Å²) in [5, 5.41) is 0. The van der Waals surface area contributed by atoms with Crippen LogP contribution in [0.15, 0.2) is 42.5 Å². The molecule has 3 saturated carbocycles. The van der Waals surface area contributed by atoms with E-state index in [0.29, 0.717) is 23.8 Å². The van der Waals surface area contributed by atoms with Crippen LogP contribution in [0.2, 0.25) is 0 Å². The van der Waals surface area contributed by atoms with Gasteiger partial charge < -0.3 is 8.37 Å². The molecular formula is C31H46O8S2. The Bertz CT molecular complexity index is 1400. The minimum Gasteiger partial charge on any atom is -0.362 e. The molecule has 0 radical (unpaired) electrons. The Balaban J connectivity index is 1.64. The zero-order valence-electron chi connectivity index (χ0n) is 24.8. The molecule has 1 aromatic rings. The van der Waals surface area contributed by atoms with Crippen LogP contribution in [0.3, 0.4) is 0 Å². The third-order valence-corrected chi connectivity index (χ3v) is 11.5. The third kappa shape index (κ3) is 7.20. The molecule has 1 aromatic carbocycles. The van der Waals surface area contributed by atoms with Crippen LogP contribution >= 0.6 is 0 Å². The Morgan fingerprint density at radius 3 is 2.17 bits per heavy atom. The van der Waals surface area contributed by atoms with Crippen LogP contribution < -0.4 is 8.37 Å². The molecule has 230 valence electrons. The second-order valence-electron chi connectivity index (χ2n) is 13.9. The molecule has 0 aliphatic heterocycles. The van der Waals surface area contributed by atoms with Crippen LogP contribution in [0.25, 0.3) is 0 Å². The quantitative estimate of drug-likeness (QED) is 0.217. The van der Waals surface area contributed by atoms with Crippen molar-refractivity contribution in [3.63, 3.8) is 0 Å². The predicted octanol–water partition coefficient (Wildman–Crippen LogP) is 7.53. The highest BCUT2D eigenvalue weighted by Gasteiger charge is 2.54. The average Bonchev–Trinajstić information content (AvgIpc) is 2.80. The van der Waals surface area contributed by atoms with E-state index in [-0.39, 0.29) is 33.7 Å². The van der Waals surface area contributed by atoms with Gasteiger partial charge in [-0.3, -0.25) is 9.11 Å². The maximum absolute atomic E-state index is 11.6. The summed E-state index contributed by atoms with van der Waals surface area (Å²) in [5.41, 5.74) is 3.06. The van der Waals surface area contributed by atoms with Crippen molar-refractivity contribution in [3.05, 3.63) is 48.1 Å². The predicted molar refractivity (Wildman–Crippen MR) is 159 cm³/mol. The van der Waals surface area contributed by atoms with E-state index in [2.05, 4.69) is 45.0 Å². The average molecular weight is 611 g/mol. The number of hydrogen-bond donors (Lipinski definition) is 2. The number of rotatable bonds is 9. The molecule has 8 nitrogen and oxygen atoms in total. The molecule has 0 spiro atoms. The minimum absolute atomic E-state index is 0.0355. The van der Waals surface area contributed by atoms with Crippen LogP contribution in [-0.4, -0.2) is 25.9 Å². The van der Waals surface area contributed by atoms with Gasteiger partial charge in [0.1, 0.15) is 11.5 Å². The molecule has 0 heterocycles. The van der Waals surface area contributed by atoms with E-state index in [9.17, 15) is 25.9 Å². The second-order valence-corrected chi connectivity index (χ2v) is 15.9. The van der Waals surface area contributed by atoms with Gasteiger partial charge in [-0.05, 0) is 116 Å². The monoisotopic (exact) mass is 610 g/mol. The lowest BCUT2D eigenvalue weighted by Crippen LogP contribution is -2.51. The van der Waals surface area contributed by atoms with Gasteiger partial charge in [-0.25, -0.2) is 0 Å². The summed E-state index contributed by atoms with van der Waals surface area (Å²) in [7, 11) is -9.62. The Morgan fingerprint density at radius 2 is 1.54 bits per heavy atom. The molecule has 0 aromatic heterocycles. The summed E-state index contributed by atoms with van der Waals surface area (Å²) in [6.45, 7) is 18.4. The normalized spacial score (nSPS) is 32.3. The van der Waals surface area contributed by atoms with E-state index in [4.69, 9.17) is 4.18 Å². The van der Waals surface area contributed by atoms with E-state index >= 15 is 0 Å². The molecule has 0 amide bonds. The van der Waals surface area contributed by atoms with Crippen LogP contribution in [0, 0.1) is 34.0 Å². The molecule has 2 N–H and O–H groups in total. The first-order chi connectivity index (χ1) is 18.8. The Hall–Kier alpha value is -1.88. The third-order valence-electron chi connectivity index (χ3n) is 10.8. The topological polar surface area (TPSA) is 127 Å². The van der Waals surface area contributed by atoms with Gasteiger partial charge in [0, 0.05) is 5.56 Å². The van der Waals surface area contributed by atoms with Gasteiger partial charge in [-0.1, -0.05) is 58.4 Å². The molecule has 5 atom stereocenters. The molecule has 0 bridgehead atoms. The van der Waals surface area contributed by atoms with Gasteiger partial charge in [0.05, 0.1) is 0 Å². The highest BCUT2D eigenvalue weighted by atomic mass is 32.3. The summed E-state index contributed by atoms with van der Waals surface area (Å²) in [6, 6.07) is 3.72. The number of benzene rings is 1. The Morgan fingerprint density at radius 1 is 0.878 bits per heavy atom. The number of fused-ring (bicyclic) bond motifs is 1. The molecule has 4 rings (SSSR count). The number of allylic oxidation sites excluding steroid dienone is 2. The van der Waals surface area contributed by atoms with E-state index in [0.717, 1.165) is 63.0 Å². The maximum atomic E-state index is 11.6. The van der Waals surface area contributed by atoms with Gasteiger partial charge in [-0.2, -0.15) is 16.8 Å². The SMILES string of the molecule is C=C1CCCC(C)(C)[C@H]1CC[C@@]1(C)CCC[C@]2(C)[C@@H](Cc3cc(OS(=O)(=O)O)ccc3OS(=O)(=O)O)C(=C)CC[C@@H]12. The number of hydrogen-bond acceptors (Lipinski definition) is 6. The largest absolute Gasteiger partial charge is 0.446 e. The fourth-order valence-corrected chi connectivity index (χ4v) is 9.54. The zero-order valence-corrected chi connectivity index (χ0v) is 26.4. The van der Waals surface area contributed by atoms with E-state index in [1.165, 1.54) is 30.5 Å². The van der Waals surface area contributed by atoms with Crippen molar-refractivity contribution in [2.24, 2.45) is 34.0 Å². The lowest BCUT2D eigenvalue weighted by molar-refractivity contribution is -0.0689. The minimum atomic E-state index is -4.83. The summed E-state index contributed by atoms with van der Waals surface area (Å²) in [6.07, 6.45) is 11.2. The first-order valence-corrected chi connectivity index (χ1v) is 17.4. The van der Waals surface area contributed by atoms with Crippen molar-refractivity contribution in [1.29, 1.82) is 0 Å². The van der Waals surface area contributed by atoms with Crippen LogP contribution in [-0.2, 0) is 27.2 Å². The summed E-state index contributed by atoms with van der Waals surface area (Å²) in [5.74, 6) is 0.595. The van der Waals surface area contributed by atoms with Crippen LogP contribution in [0.1, 0.15) is 97.5 Å². The fourth-order valence-electron chi connectivity index (χ4n) is 8.80. The van der Waals surface area contributed by atoms with Gasteiger partial charge >= 0.3 is 20.8 Å². The van der Waals surface area contributed by atoms with Crippen molar-refractivity contribution in [3.8, 4) is 11.5 Å². The van der Waals surface area contributed by atoms with Gasteiger partial charge in [-0.15, -0.1) is 0 Å². The van der Waals surface area contributed by atoms with Crippen molar-refractivity contribution < 1.29 is 34.3 Å². The molecule has 3 aliphatic carbocycles. The van der Waals surface area contributed by atoms with Crippen LogP contribution in [0.4, 0.5) is 0 Å². The standard InChI is InChI=1S/C31H46O8S2/c1-21-9-7-15-29(3,4)25(21)14-18-30(5)16-8-17-31(6)26(22(2)10-13-28(30)31)20-23-19-24(38-40(32,33)34)11-12-27(23)39-41(35,36)37/h11-12,19,25-26,28H,1-2,7-10,13-18,20H2,3-6H3,(H,32,33,34)(H,35,36,37)/t25-,26-,28-,30+,31+/m0/s1. The Labute approximate surface area is 246 Å². The van der Waals surface area contributed by atoms with Crippen molar-refractivity contribution >= 4 is 20.8 Å². The van der Waals surface area contributed by atoms with Gasteiger partial charge in [0.2, 0.25) is 0 Å². The lowest BCUT2D eigenvalue weighted by Gasteiger charge is -2.59. The molecule has 0 unspecified atom stereocenters. The highest BCUT2D eigenvalue weighted by Crippen LogP contribution is 2.63. The van der Waals surface area contributed by atoms with E-state index < -0.39 is 20.8 Å². The molecule has 0 saturated heterocycles. The smallest absolute Gasteiger partial charge is 0.362 e.